The minimum Gasteiger partial charge on any atom is -0.483 e. The second kappa shape index (κ2) is 39.0. The average molecular weight is 1640 g/mol. The van der Waals surface area contributed by atoms with E-state index in [2.05, 4.69) is 21.3 Å². The van der Waals surface area contributed by atoms with Gasteiger partial charge in [0.2, 0.25) is 44.6 Å². The van der Waals surface area contributed by atoms with Gasteiger partial charge in [-0.25, -0.2) is 0 Å². The Morgan fingerprint density at radius 1 is 0.234 bits per heavy atom. The molecule has 0 aromatic carbocycles. The van der Waals surface area contributed by atoms with Gasteiger partial charge in [-0.3, -0.25) is 43.2 Å². The van der Waals surface area contributed by atoms with Gasteiger partial charge in [0.1, 0.15) is 69.4 Å². The lowest BCUT2D eigenvalue weighted by Gasteiger charge is -2.68. The second-order valence-corrected chi connectivity index (χ2v) is 36.3. The first-order valence-corrected chi connectivity index (χ1v) is 39.8. The lowest BCUT2D eigenvalue weighted by Crippen LogP contribution is -2.74. The smallest absolute Gasteiger partial charge is 0.290 e. The van der Waals surface area contributed by atoms with Crippen LogP contribution in [0.25, 0.3) is 0 Å². The number of carboxylic acid groups (broad SMARTS) is 1. The number of Topliss-reactive ketones (excluding diaryl/α,β-unsaturated/α-hetero) is 12. The number of halogens is 4. The summed E-state index contributed by atoms with van der Waals surface area (Å²) in [4.78, 5) is 277. The van der Waals surface area contributed by atoms with Crippen molar-refractivity contribution in [3.63, 3.8) is 0 Å². The summed E-state index contributed by atoms with van der Waals surface area (Å²) in [6.45, 7) is 16.1. The fourth-order valence-electron chi connectivity index (χ4n) is 19.8. The Kier molecular flexibility index (Phi) is 34.0. The van der Waals surface area contributed by atoms with Crippen LogP contribution in [0, 0.1) is 43.3 Å². The molecule has 0 aliphatic heterocycles. The Morgan fingerprint density at radius 3 is 0.405 bits per heavy atom. The molecule has 8 rings (SSSR count). The molecular weight excluding hydrogens is 1520 g/mol. The molecule has 618 valence electrons. The van der Waals surface area contributed by atoms with Crippen molar-refractivity contribution >= 4 is 167 Å². The van der Waals surface area contributed by atoms with Crippen molar-refractivity contribution < 1.29 is 106 Å². The van der Waals surface area contributed by atoms with Gasteiger partial charge in [-0.05, 0) is 284 Å². The van der Waals surface area contributed by atoms with Gasteiger partial charge in [-0.2, -0.15) is 0 Å². The van der Waals surface area contributed by atoms with E-state index in [4.69, 9.17) is 56.3 Å². The normalized spacial score (nSPS) is 25.2. The molecule has 8 aliphatic carbocycles. The highest BCUT2D eigenvalue weighted by molar-refractivity contribution is 6.68. The predicted octanol–water partition coefficient (Wildman–Crippen LogP) is 11.2. The molecule has 0 atom stereocenters. The number of nitrogens with one attached hydrogen (secondary N) is 4. The number of hydrogen-bond donors (Lipinski definition) is 5. The molecule has 0 unspecified atom stereocenters. The van der Waals surface area contributed by atoms with Crippen LogP contribution in [0.5, 0.6) is 0 Å². The van der Waals surface area contributed by atoms with Crippen LogP contribution >= 0.6 is 46.4 Å². The minimum absolute atomic E-state index is 0.0193. The van der Waals surface area contributed by atoms with E-state index in [0.29, 0.717) is 0 Å². The summed E-state index contributed by atoms with van der Waals surface area (Å²) in [6, 6.07) is 0. The summed E-state index contributed by atoms with van der Waals surface area (Å²) >= 11 is 23.2. The number of amides is 4. The third kappa shape index (κ3) is 25.1. The van der Waals surface area contributed by atoms with Gasteiger partial charge in [0, 0.05) is 121 Å². The van der Waals surface area contributed by atoms with E-state index < -0.39 is 110 Å². The molecule has 8 aliphatic rings. The molecule has 111 heavy (non-hydrogen) atoms. The van der Waals surface area contributed by atoms with Crippen molar-refractivity contribution in [1.82, 2.24) is 21.3 Å². The molecular formula is C81H114Cl4N4O22. The van der Waals surface area contributed by atoms with Gasteiger partial charge in [-0.1, -0.05) is 0 Å². The van der Waals surface area contributed by atoms with Gasteiger partial charge in [-0.15, -0.1) is 0 Å². The Labute approximate surface area is 670 Å². The van der Waals surface area contributed by atoms with E-state index in [9.17, 15) is 76.7 Å². The molecule has 0 radical (unpaired) electrons. The lowest BCUT2D eigenvalue weighted by molar-refractivity contribution is -0.211. The monoisotopic (exact) mass is 1630 g/mol. The molecule has 5 N–H and O–H groups in total. The van der Waals surface area contributed by atoms with Crippen molar-refractivity contribution in [2.75, 3.05) is 0 Å². The summed E-state index contributed by atoms with van der Waals surface area (Å²) < 4.78 is 0. The molecule has 26 nitrogen and oxygen atoms in total. The van der Waals surface area contributed by atoms with Gasteiger partial charge in [0.25, 0.3) is 6.47 Å². The first-order chi connectivity index (χ1) is 51.2. The maximum atomic E-state index is 16.5. The fraction of sp³-hybridized carbons (Fsp3) is 0.741. The van der Waals surface area contributed by atoms with Crippen molar-refractivity contribution in [2.24, 2.45) is 43.3 Å². The molecule has 4 amide bonds. The van der Waals surface area contributed by atoms with Crippen molar-refractivity contribution in [1.29, 1.82) is 0 Å². The van der Waals surface area contributed by atoms with E-state index in [0.717, 1.165) is 0 Å². The van der Waals surface area contributed by atoms with Crippen LogP contribution in [0.4, 0.5) is 0 Å². The van der Waals surface area contributed by atoms with Gasteiger partial charge in [0.15, 0.2) is 0 Å². The largest absolute Gasteiger partial charge is 0.483 e. The van der Waals surface area contributed by atoms with E-state index in [-0.39, 0.29) is 307 Å². The number of hydrogen-bond acceptors (Lipinski definition) is 21. The first-order valence-electron chi connectivity index (χ1n) is 38.3. The van der Waals surface area contributed by atoms with Crippen molar-refractivity contribution in [3.05, 3.63) is 0 Å². The highest BCUT2D eigenvalue weighted by Gasteiger charge is 2.78. The van der Waals surface area contributed by atoms with Crippen LogP contribution in [0.1, 0.15) is 314 Å². The molecule has 0 saturated heterocycles. The van der Waals surface area contributed by atoms with Crippen molar-refractivity contribution in [2.45, 2.75) is 336 Å². The molecule has 8 bridgehead atoms. The number of carbonyl (C=O) groups excluding carboxylic acids is 20. The molecule has 0 heterocycles. The molecule has 8 fully saturated rings. The van der Waals surface area contributed by atoms with E-state index >= 15 is 19.2 Å². The quantitative estimate of drug-likeness (QED) is 0.0279. The molecule has 0 spiro atoms. The topological polar surface area (TPSA) is 427 Å². The summed E-state index contributed by atoms with van der Waals surface area (Å²) in [5.74, 6) is -5.94. The Balaban J connectivity index is 0.000000868. The zero-order valence-corrected chi connectivity index (χ0v) is 69.6. The van der Waals surface area contributed by atoms with Crippen LogP contribution in [-0.4, -0.2) is 148 Å². The SMILES string of the molecule is CC(=O)CCC(CCC(C)=O)(CCC(C)=O)NC(=O)C12CC3(C(=O)NC(CCC(C)=O)(CCC(C)=O)CCC(C)=O)CC(C(=O)NC(CCC(C)=O)(CCC(C)=O)CCC(C)=O)(C1)CC(C(=O)NC(CCC(C)=O)(CCC(C)=O)CCC(C)=O)(C2)C3.O=C(Cl)C12CC3(C(=O)Cl)CC(C(=O)Cl)(C1)CC(C(=O)Cl)(C2)C3.O=CO. The maximum Gasteiger partial charge on any atom is 0.290 e. The molecule has 30 heteroatoms. The zero-order valence-electron chi connectivity index (χ0n) is 66.6. The number of rotatable bonds is 48. The van der Waals surface area contributed by atoms with Gasteiger partial charge in [0.05, 0.1) is 21.7 Å². The van der Waals surface area contributed by atoms with Crippen LogP contribution < -0.4 is 21.3 Å². The summed E-state index contributed by atoms with van der Waals surface area (Å²) in [5.41, 5.74) is -17.8. The standard InChI is InChI=1S/C66H100N4O16.C14H12Cl4O4.CH2O2/c1-43(71)13-25-63(26-14-44(2)72,27-15-45(3)73)67-55(83)59-37-60(56(84)68-64(28-16-46(4)74,29-17-47(5)75)30-18-48(6)76)40-61(38-59,57(85)69-65(31-19-49(7)77,32-20-50(8)78)33-21-51(9)79)42-62(39-59,41-60)58(86)70-66(34-22-52(10)80,35-23-53(11)81)36-24-54(12)82;15-7(19)11-1-12(8(16)20)4-13(2-11,9(17)21)6-14(3-11,5-12)10(18)22;2-1-3/h13-42H2,1-12H3,(H,67,83)(H,68,84)(H,69,85)(H,70,86);1-6H2;1H,(H,2,3). The van der Waals surface area contributed by atoms with Gasteiger partial charge >= 0.3 is 0 Å². The summed E-state index contributed by atoms with van der Waals surface area (Å²) in [6.07, 6.45) is -2.18. The lowest BCUT2D eigenvalue weighted by atomic mass is 9.34. The average Bonchev–Trinajstić information content (AvgIpc) is 0.679. The highest BCUT2D eigenvalue weighted by atomic mass is 35.5. The second-order valence-electron chi connectivity index (χ2n) is 34.9. The fourth-order valence-corrected chi connectivity index (χ4v) is 20.6. The summed E-state index contributed by atoms with van der Waals surface area (Å²) in [7, 11) is 0. The van der Waals surface area contributed by atoms with Gasteiger partial charge < -0.3 is 83.9 Å². The number of ketones is 12. The van der Waals surface area contributed by atoms with E-state index in [1.165, 1.54) is 83.1 Å². The van der Waals surface area contributed by atoms with Crippen molar-refractivity contribution in [3.8, 4) is 0 Å². The Hall–Kier alpha value is -6.77. The molecule has 0 aromatic heterocycles. The minimum atomic E-state index is -1.88. The predicted molar refractivity (Wildman–Crippen MR) is 409 cm³/mol. The highest BCUT2D eigenvalue weighted by Crippen LogP contribution is 2.77. The Morgan fingerprint density at radius 2 is 0.324 bits per heavy atom. The zero-order chi connectivity index (χ0) is 84.5. The van der Waals surface area contributed by atoms with Crippen LogP contribution in [0.3, 0.4) is 0 Å². The third-order valence-corrected chi connectivity index (χ3v) is 26.3. The van der Waals surface area contributed by atoms with E-state index in [1.54, 1.807) is 0 Å². The number of carbonyl (C=O) groups is 21. The first kappa shape index (κ1) is 96.6. The van der Waals surface area contributed by atoms with Crippen LogP contribution in [-0.2, 0) is 101 Å². The van der Waals surface area contributed by atoms with E-state index in [1.807, 2.05) is 0 Å². The van der Waals surface area contributed by atoms with Crippen LogP contribution in [0.15, 0.2) is 0 Å². The van der Waals surface area contributed by atoms with Crippen LogP contribution in [0.2, 0.25) is 0 Å². The molecule has 0 aromatic rings. The Bertz CT molecular complexity index is 3010. The third-order valence-electron chi connectivity index (χ3n) is 24.7. The summed E-state index contributed by atoms with van der Waals surface area (Å²) in [5, 5.41) is 17.2. The molecule has 8 saturated carbocycles. The maximum absolute atomic E-state index is 16.5.